The summed E-state index contributed by atoms with van der Waals surface area (Å²) in [4.78, 5) is 17.5. The lowest BCUT2D eigenvalue weighted by Crippen LogP contribution is -2.32. The van der Waals surface area contributed by atoms with Crippen LogP contribution in [0.1, 0.15) is 45.8 Å². The summed E-state index contributed by atoms with van der Waals surface area (Å²) in [6.07, 6.45) is 2.47. The third-order valence-corrected chi connectivity index (χ3v) is 3.83. The van der Waals surface area contributed by atoms with Gasteiger partial charge in [0.25, 0.3) is 0 Å². The number of aromatic nitrogens is 1. The Bertz CT molecular complexity index is 462. The number of oxazole rings is 1. The number of hydrogen-bond acceptors (Lipinski definition) is 4. The minimum Gasteiger partial charge on any atom is -0.481 e. The molecule has 0 spiro atoms. The zero-order valence-corrected chi connectivity index (χ0v) is 12.0. The Morgan fingerprint density at radius 1 is 1.58 bits per heavy atom. The van der Waals surface area contributed by atoms with Crippen LogP contribution in [0.4, 0.5) is 0 Å². The number of carboxylic acids is 1. The maximum absolute atomic E-state index is 11.1. The lowest BCUT2D eigenvalue weighted by atomic mass is 9.94. The summed E-state index contributed by atoms with van der Waals surface area (Å²) in [7, 11) is 0. The summed E-state index contributed by atoms with van der Waals surface area (Å²) >= 11 is 0. The summed E-state index contributed by atoms with van der Waals surface area (Å²) in [5, 5.41) is 9.11. The van der Waals surface area contributed by atoms with E-state index in [4.69, 9.17) is 9.52 Å². The van der Waals surface area contributed by atoms with Crippen molar-refractivity contribution in [2.24, 2.45) is 5.92 Å². The van der Waals surface area contributed by atoms with Gasteiger partial charge < -0.3 is 9.52 Å². The third-order valence-electron chi connectivity index (χ3n) is 3.83. The summed E-state index contributed by atoms with van der Waals surface area (Å²) in [6.45, 7) is 9.56. The van der Waals surface area contributed by atoms with E-state index in [1.54, 1.807) is 6.20 Å². The van der Waals surface area contributed by atoms with Crippen molar-refractivity contribution in [1.29, 1.82) is 0 Å². The van der Waals surface area contributed by atoms with Gasteiger partial charge in [-0.25, -0.2) is 4.98 Å². The third kappa shape index (κ3) is 2.97. The van der Waals surface area contributed by atoms with Crippen LogP contribution in [0.15, 0.2) is 10.6 Å². The van der Waals surface area contributed by atoms with E-state index in [1.165, 1.54) is 0 Å². The summed E-state index contributed by atoms with van der Waals surface area (Å²) in [5.74, 6) is 0.543. The van der Waals surface area contributed by atoms with Gasteiger partial charge in [0.05, 0.1) is 18.7 Å². The van der Waals surface area contributed by atoms with Gasteiger partial charge in [-0.05, 0) is 19.9 Å². The molecule has 1 aromatic rings. The molecule has 5 nitrogen and oxygen atoms in total. The zero-order chi connectivity index (χ0) is 14.2. The first kappa shape index (κ1) is 14.1. The summed E-state index contributed by atoms with van der Waals surface area (Å²) < 4.78 is 5.75. The average Bonchev–Trinajstić information content (AvgIpc) is 2.87. The van der Waals surface area contributed by atoms with Crippen LogP contribution in [-0.4, -0.2) is 33.5 Å². The number of carboxylic acid groups (broad SMARTS) is 1. The molecular weight excluding hydrogens is 244 g/mol. The molecule has 1 aromatic heterocycles. The van der Waals surface area contributed by atoms with E-state index >= 15 is 0 Å². The fraction of sp³-hybridized carbons (Fsp3) is 0.714. The molecule has 0 saturated carbocycles. The number of carbonyl (C=O) groups is 1. The predicted octanol–water partition coefficient (Wildman–Crippen LogP) is 2.27. The van der Waals surface area contributed by atoms with Crippen molar-refractivity contribution >= 4 is 5.97 Å². The maximum Gasteiger partial charge on any atom is 0.308 e. The number of nitrogens with zero attached hydrogens (tertiary/aromatic N) is 2. The van der Waals surface area contributed by atoms with Gasteiger partial charge in [-0.1, -0.05) is 20.8 Å². The Labute approximate surface area is 113 Å². The van der Waals surface area contributed by atoms with Gasteiger partial charge in [0.1, 0.15) is 5.76 Å². The number of rotatable bonds is 3. The fourth-order valence-electron chi connectivity index (χ4n) is 2.46. The number of aliphatic carboxylic acids is 1. The molecule has 2 unspecified atom stereocenters. The highest BCUT2D eigenvalue weighted by atomic mass is 16.4. The van der Waals surface area contributed by atoms with Crippen LogP contribution >= 0.6 is 0 Å². The minimum absolute atomic E-state index is 0.0301. The molecule has 5 heteroatoms. The quantitative estimate of drug-likeness (QED) is 0.909. The molecule has 1 N–H and O–H groups in total. The van der Waals surface area contributed by atoms with Gasteiger partial charge >= 0.3 is 5.97 Å². The second-order valence-electron chi connectivity index (χ2n) is 6.31. The molecule has 0 bridgehead atoms. The molecule has 2 atom stereocenters. The van der Waals surface area contributed by atoms with E-state index in [0.29, 0.717) is 18.9 Å². The Morgan fingerprint density at radius 3 is 2.74 bits per heavy atom. The summed E-state index contributed by atoms with van der Waals surface area (Å²) in [5.41, 5.74) is -0.0501. The van der Waals surface area contributed by atoms with Crippen molar-refractivity contribution in [3.63, 3.8) is 0 Å². The number of hydrogen-bond donors (Lipinski definition) is 1. The monoisotopic (exact) mass is 266 g/mol. The second-order valence-corrected chi connectivity index (χ2v) is 6.31. The van der Waals surface area contributed by atoms with Crippen molar-refractivity contribution in [2.45, 2.75) is 52.1 Å². The van der Waals surface area contributed by atoms with Crippen molar-refractivity contribution in [3.05, 3.63) is 17.8 Å². The topological polar surface area (TPSA) is 66.6 Å². The molecule has 0 aliphatic carbocycles. The van der Waals surface area contributed by atoms with E-state index in [9.17, 15) is 4.79 Å². The van der Waals surface area contributed by atoms with Gasteiger partial charge in [-0.15, -0.1) is 0 Å². The first-order chi connectivity index (χ1) is 8.79. The zero-order valence-electron chi connectivity index (χ0n) is 12.0. The molecule has 1 aliphatic heterocycles. The van der Waals surface area contributed by atoms with E-state index in [0.717, 1.165) is 12.3 Å². The largest absolute Gasteiger partial charge is 0.481 e. The normalized spacial score (nSPS) is 24.8. The highest BCUT2D eigenvalue weighted by molar-refractivity contribution is 5.71. The molecule has 1 saturated heterocycles. The minimum atomic E-state index is -0.710. The molecule has 0 radical (unpaired) electrons. The molecular formula is C14H22N2O3. The van der Waals surface area contributed by atoms with Crippen LogP contribution in [0.25, 0.3) is 0 Å². The van der Waals surface area contributed by atoms with Crippen LogP contribution in [0.5, 0.6) is 0 Å². The highest BCUT2D eigenvalue weighted by Gasteiger charge is 2.36. The van der Waals surface area contributed by atoms with E-state index in [1.807, 2.05) is 6.92 Å². The molecule has 106 valence electrons. The first-order valence-electron chi connectivity index (χ1n) is 6.71. The Kier molecular flexibility index (Phi) is 3.67. The van der Waals surface area contributed by atoms with Crippen molar-refractivity contribution in [3.8, 4) is 0 Å². The smallest absolute Gasteiger partial charge is 0.308 e. The standard InChI is InChI=1S/C14H22N2O3/c1-9-10(13(17)18)5-6-16(9)8-12-15-7-11(19-12)14(2,3)4/h7,9-10H,5-6,8H2,1-4H3,(H,17,18). The van der Waals surface area contributed by atoms with Crippen LogP contribution in [0, 0.1) is 5.92 Å². The predicted molar refractivity (Wildman–Crippen MR) is 70.8 cm³/mol. The molecule has 0 aromatic carbocycles. The van der Waals surface area contributed by atoms with E-state index in [-0.39, 0.29) is 17.4 Å². The van der Waals surface area contributed by atoms with Crippen molar-refractivity contribution in [2.75, 3.05) is 6.54 Å². The van der Waals surface area contributed by atoms with Crippen molar-refractivity contribution < 1.29 is 14.3 Å². The Morgan fingerprint density at radius 2 is 2.26 bits per heavy atom. The fourth-order valence-corrected chi connectivity index (χ4v) is 2.46. The van der Waals surface area contributed by atoms with Gasteiger partial charge in [0.2, 0.25) is 5.89 Å². The SMILES string of the molecule is CC1C(C(=O)O)CCN1Cc1ncc(C(C)(C)C)o1. The first-order valence-corrected chi connectivity index (χ1v) is 6.71. The van der Waals surface area contributed by atoms with Crippen LogP contribution in [0.2, 0.25) is 0 Å². The van der Waals surface area contributed by atoms with Gasteiger partial charge in [-0.3, -0.25) is 9.69 Å². The summed E-state index contributed by atoms with van der Waals surface area (Å²) in [6, 6.07) is 0.0301. The number of likely N-dealkylation sites (tertiary alicyclic amines) is 1. The van der Waals surface area contributed by atoms with Crippen LogP contribution < -0.4 is 0 Å². The molecule has 1 aliphatic rings. The van der Waals surface area contributed by atoms with Gasteiger partial charge in [0, 0.05) is 11.5 Å². The maximum atomic E-state index is 11.1. The van der Waals surface area contributed by atoms with Crippen molar-refractivity contribution in [1.82, 2.24) is 9.88 Å². The highest BCUT2D eigenvalue weighted by Crippen LogP contribution is 2.27. The van der Waals surface area contributed by atoms with Crippen LogP contribution in [-0.2, 0) is 16.8 Å². The van der Waals surface area contributed by atoms with E-state index in [2.05, 4.69) is 30.7 Å². The van der Waals surface area contributed by atoms with E-state index < -0.39 is 5.97 Å². The molecule has 0 amide bonds. The molecule has 19 heavy (non-hydrogen) atoms. The Balaban J connectivity index is 2.03. The average molecular weight is 266 g/mol. The molecule has 1 fully saturated rings. The molecule has 2 rings (SSSR count). The lowest BCUT2D eigenvalue weighted by molar-refractivity contribution is -0.142. The van der Waals surface area contributed by atoms with Crippen LogP contribution in [0.3, 0.4) is 0 Å². The Hall–Kier alpha value is -1.36. The van der Waals surface area contributed by atoms with Gasteiger partial charge in [-0.2, -0.15) is 0 Å². The van der Waals surface area contributed by atoms with Gasteiger partial charge in [0.15, 0.2) is 0 Å². The molecule has 2 heterocycles. The lowest BCUT2D eigenvalue weighted by Gasteiger charge is -2.21. The second kappa shape index (κ2) is 4.96.